The lowest BCUT2D eigenvalue weighted by Gasteiger charge is -2.29. The van der Waals surface area contributed by atoms with E-state index in [1.165, 1.54) is 43.0 Å². The van der Waals surface area contributed by atoms with Crippen molar-refractivity contribution in [2.24, 2.45) is 28.1 Å². The van der Waals surface area contributed by atoms with Crippen molar-refractivity contribution in [1.82, 2.24) is 42.1 Å². The Hall–Kier alpha value is -7.34. The van der Waals surface area contributed by atoms with Crippen LogP contribution in [0.3, 0.4) is 0 Å². The van der Waals surface area contributed by atoms with E-state index in [4.69, 9.17) is 17.2 Å². The smallest absolute Gasteiger partial charge is 0.326 e. The minimum atomic E-state index is -1.45. The van der Waals surface area contributed by atoms with Crippen LogP contribution in [-0.4, -0.2) is 154 Å². The number of guanidine groups is 1. The molecular formula is C45H66N12O12. The average molecular weight is 967 g/mol. The number of hydrogen-bond acceptors (Lipinski definition) is 13. The van der Waals surface area contributed by atoms with Crippen LogP contribution in [0.5, 0.6) is 5.75 Å². The van der Waals surface area contributed by atoms with Crippen LogP contribution in [0.25, 0.3) is 0 Å². The van der Waals surface area contributed by atoms with Gasteiger partial charge in [0.25, 0.3) is 0 Å². The fourth-order valence-corrected chi connectivity index (χ4v) is 7.09. The third kappa shape index (κ3) is 18.7. The first-order chi connectivity index (χ1) is 32.6. The van der Waals surface area contributed by atoms with Gasteiger partial charge in [0.1, 0.15) is 42.0 Å². The van der Waals surface area contributed by atoms with Gasteiger partial charge in [-0.1, -0.05) is 56.3 Å². The van der Waals surface area contributed by atoms with Crippen molar-refractivity contribution in [3.8, 4) is 5.75 Å². The van der Waals surface area contributed by atoms with Crippen molar-refractivity contribution in [3.05, 3.63) is 65.7 Å². The number of hydrogen-bond donors (Lipinski definition) is 13. The number of rotatable bonds is 26. The number of aliphatic hydroxyl groups excluding tert-OH is 1. The molecule has 8 amide bonds. The molecule has 1 fully saturated rings. The van der Waals surface area contributed by atoms with E-state index in [0.717, 1.165) is 0 Å². The molecule has 0 aromatic heterocycles. The number of phenolic OH excluding ortho intramolecular Hbond substituents is 1. The van der Waals surface area contributed by atoms with E-state index in [1.807, 2.05) is 0 Å². The third-order valence-electron chi connectivity index (χ3n) is 11.0. The van der Waals surface area contributed by atoms with Gasteiger partial charge in [-0.3, -0.25) is 43.3 Å². The molecule has 0 unspecified atom stereocenters. The molecule has 1 saturated heterocycles. The van der Waals surface area contributed by atoms with Gasteiger partial charge < -0.3 is 74.6 Å². The molecule has 0 bridgehead atoms. The molecule has 69 heavy (non-hydrogen) atoms. The highest BCUT2D eigenvalue weighted by Gasteiger charge is 2.39. The minimum absolute atomic E-state index is 0.00893. The summed E-state index contributed by atoms with van der Waals surface area (Å²) >= 11 is 0. The molecule has 2 aromatic rings. The molecule has 0 saturated carbocycles. The average Bonchev–Trinajstić information content (AvgIpc) is 3.80. The van der Waals surface area contributed by atoms with E-state index < -0.39 is 115 Å². The fourth-order valence-electron chi connectivity index (χ4n) is 7.09. The molecule has 16 N–H and O–H groups in total. The third-order valence-corrected chi connectivity index (χ3v) is 11.0. The first-order valence-electron chi connectivity index (χ1n) is 22.5. The number of carboxylic acids is 1. The zero-order valence-corrected chi connectivity index (χ0v) is 39.1. The molecule has 24 heteroatoms. The van der Waals surface area contributed by atoms with Crippen LogP contribution in [0, 0.1) is 5.92 Å². The largest absolute Gasteiger partial charge is 0.508 e. The van der Waals surface area contributed by atoms with Gasteiger partial charge in [-0.05, 0) is 68.7 Å². The monoisotopic (exact) mass is 966 g/mol. The molecule has 2 aromatic carbocycles. The van der Waals surface area contributed by atoms with E-state index in [1.54, 1.807) is 44.2 Å². The Balaban J connectivity index is 1.66. The summed E-state index contributed by atoms with van der Waals surface area (Å²) < 4.78 is 0. The number of likely N-dealkylation sites (tertiary alicyclic amines) is 1. The lowest BCUT2D eigenvalue weighted by Crippen LogP contribution is -2.59. The van der Waals surface area contributed by atoms with Crippen LogP contribution in [0.4, 0.5) is 0 Å². The molecule has 1 aliphatic rings. The molecule has 0 aliphatic carbocycles. The van der Waals surface area contributed by atoms with E-state index in [9.17, 15) is 58.5 Å². The number of carboxylic acid groups (broad SMARTS) is 1. The van der Waals surface area contributed by atoms with Crippen LogP contribution in [0.15, 0.2) is 59.6 Å². The second kappa shape index (κ2) is 27.5. The van der Waals surface area contributed by atoms with Gasteiger partial charge in [0.05, 0.1) is 25.2 Å². The number of nitrogens with one attached hydrogen (secondary N) is 7. The van der Waals surface area contributed by atoms with E-state index in [-0.39, 0.29) is 62.8 Å². The van der Waals surface area contributed by atoms with Crippen molar-refractivity contribution in [3.63, 3.8) is 0 Å². The summed E-state index contributed by atoms with van der Waals surface area (Å²) in [6, 6.07) is 5.95. The van der Waals surface area contributed by atoms with Crippen LogP contribution >= 0.6 is 0 Å². The topological polar surface area (TPSA) is 392 Å². The summed E-state index contributed by atoms with van der Waals surface area (Å²) in [6.45, 7) is 4.84. The Bertz CT molecular complexity index is 2140. The molecule has 0 radical (unpaired) electrons. The number of phenols is 1. The highest BCUT2D eigenvalue weighted by Crippen LogP contribution is 2.21. The Kier molecular flexibility index (Phi) is 22.3. The Labute approximate surface area is 399 Å². The Morgan fingerprint density at radius 2 is 1.30 bits per heavy atom. The van der Waals surface area contributed by atoms with Gasteiger partial charge in [0.2, 0.25) is 47.3 Å². The van der Waals surface area contributed by atoms with E-state index in [0.29, 0.717) is 17.5 Å². The molecule has 1 aliphatic heterocycles. The maximum atomic E-state index is 14.2. The number of aliphatic hydroxyl groups is 1. The van der Waals surface area contributed by atoms with Crippen molar-refractivity contribution < 1.29 is 58.5 Å². The molecule has 1 heterocycles. The summed E-state index contributed by atoms with van der Waals surface area (Å²) in [5.41, 5.74) is 17.9. The SMILES string of the molecule is CC(C)[C@H](N)C(=O)N[C@H](C(=O)N[C@@H](C)C(=O)NCC(=O)N[C@@H](CCCN=C(N)N)C(=O)NCC(=O)N[C@@H](Cc1ccccc1)C(=O)N1CCC[C@H]1C(=O)N[C@@H](Cc1ccc(O)cc1)C(=O)O)[C@@H](C)O. The van der Waals surface area contributed by atoms with Gasteiger partial charge in [0, 0.05) is 25.9 Å². The second-order valence-corrected chi connectivity index (χ2v) is 17.0. The summed E-state index contributed by atoms with van der Waals surface area (Å²) in [4.78, 5) is 123. The number of carbonyl (C=O) groups is 9. The fraction of sp³-hybridized carbons (Fsp3) is 0.511. The van der Waals surface area contributed by atoms with Crippen LogP contribution in [0.1, 0.15) is 64.5 Å². The van der Waals surface area contributed by atoms with E-state index >= 15 is 0 Å². The lowest BCUT2D eigenvalue weighted by atomic mass is 10.0. The minimum Gasteiger partial charge on any atom is -0.508 e. The molecule has 24 nitrogen and oxygen atoms in total. The standard InChI is InChI=1S/C45H66N12O12/c1-24(2)36(46)41(65)56-37(26(4)58)42(66)52-25(3)38(62)50-22-34(60)53-30(12-8-18-49-45(47)48)39(63)51-23-35(61)54-31(20-27-10-6-5-7-11-27)43(67)57-19-9-13-33(57)40(64)55-32(44(68)69)21-28-14-16-29(59)17-15-28/h5-7,10-11,14-17,24-26,30-33,36-37,58-59H,8-9,12-13,18-23,46H2,1-4H3,(H,50,62)(H,51,63)(H,52,66)(H,53,60)(H,54,61)(H,55,64)(H,56,65)(H,68,69)(H4,47,48,49)/t25-,26+,30-,31-,32-,33-,36-,37-/m0/s1. The maximum Gasteiger partial charge on any atom is 0.326 e. The first kappa shape index (κ1) is 56.0. The predicted molar refractivity (Wildman–Crippen MR) is 250 cm³/mol. The quantitative estimate of drug-likeness (QED) is 0.0246. The number of nitrogens with two attached hydrogens (primary N) is 3. The molecule has 8 atom stereocenters. The zero-order chi connectivity index (χ0) is 51.4. The first-order valence-corrected chi connectivity index (χ1v) is 22.5. The summed E-state index contributed by atoms with van der Waals surface area (Å²) in [5, 5.41) is 46.8. The Morgan fingerprint density at radius 3 is 1.88 bits per heavy atom. The normalized spacial score (nSPS) is 16.2. The molecule has 3 rings (SSSR count). The predicted octanol–water partition coefficient (Wildman–Crippen LogP) is -3.65. The van der Waals surface area contributed by atoms with Crippen LogP contribution in [0.2, 0.25) is 0 Å². The molecule has 0 spiro atoms. The van der Waals surface area contributed by atoms with Gasteiger partial charge >= 0.3 is 5.97 Å². The Morgan fingerprint density at radius 1 is 0.725 bits per heavy atom. The maximum absolute atomic E-state index is 14.2. The number of amides is 8. The van der Waals surface area contributed by atoms with Crippen molar-refractivity contribution in [1.29, 1.82) is 0 Å². The number of benzene rings is 2. The number of aliphatic imine (C=N–C) groups is 1. The number of nitrogens with zero attached hydrogens (tertiary/aromatic N) is 2. The van der Waals surface area contributed by atoms with Crippen molar-refractivity contribution in [2.45, 2.75) is 115 Å². The highest BCUT2D eigenvalue weighted by molar-refractivity contribution is 5.97. The molecule has 378 valence electrons. The molecular weight excluding hydrogens is 901 g/mol. The van der Waals surface area contributed by atoms with Crippen molar-refractivity contribution >= 4 is 59.2 Å². The van der Waals surface area contributed by atoms with Gasteiger partial charge in [0.15, 0.2) is 5.96 Å². The number of carbonyl (C=O) groups excluding carboxylic acids is 8. The highest BCUT2D eigenvalue weighted by atomic mass is 16.4. The van der Waals surface area contributed by atoms with Crippen molar-refractivity contribution in [2.75, 3.05) is 26.2 Å². The summed E-state index contributed by atoms with van der Waals surface area (Å²) in [7, 11) is 0. The summed E-state index contributed by atoms with van der Waals surface area (Å²) in [6.07, 6.45) is -0.673. The number of aliphatic carboxylic acids is 1. The number of aromatic hydroxyl groups is 1. The van der Waals surface area contributed by atoms with Gasteiger partial charge in [-0.2, -0.15) is 0 Å². The summed E-state index contributed by atoms with van der Waals surface area (Å²) in [5.74, 6) is -7.98. The van der Waals surface area contributed by atoms with Crippen LogP contribution < -0.4 is 54.4 Å². The lowest BCUT2D eigenvalue weighted by molar-refractivity contribution is -0.144. The zero-order valence-electron chi connectivity index (χ0n) is 39.1. The van der Waals surface area contributed by atoms with Crippen LogP contribution in [-0.2, 0) is 56.0 Å². The van der Waals surface area contributed by atoms with Gasteiger partial charge in [-0.25, -0.2) is 4.79 Å². The van der Waals surface area contributed by atoms with Gasteiger partial charge in [-0.15, -0.1) is 0 Å². The second-order valence-electron chi connectivity index (χ2n) is 17.0. The van der Waals surface area contributed by atoms with E-state index in [2.05, 4.69) is 42.2 Å².